The molecule has 0 saturated heterocycles. The normalized spacial score (nSPS) is 12.0. The molecule has 0 aliphatic rings. The molecule has 6 nitrogen and oxygen atoms in total. The van der Waals surface area contributed by atoms with Crippen molar-refractivity contribution in [2.45, 2.75) is 343 Å². The summed E-state index contributed by atoms with van der Waals surface area (Å²) < 4.78 is 16.9. The second-order valence-corrected chi connectivity index (χ2v) is 21.6. The van der Waals surface area contributed by atoms with E-state index in [0.29, 0.717) is 19.3 Å². The zero-order valence-electron chi connectivity index (χ0n) is 45.3. The minimum absolute atomic E-state index is 0.0634. The smallest absolute Gasteiger partial charge is 0.306 e. The van der Waals surface area contributed by atoms with E-state index < -0.39 is 6.10 Å². The summed E-state index contributed by atoms with van der Waals surface area (Å²) in [5.41, 5.74) is 0. The molecule has 0 rings (SSSR count). The maximum atomic E-state index is 12.8. The third kappa shape index (κ3) is 53.4. The van der Waals surface area contributed by atoms with Gasteiger partial charge in [0.15, 0.2) is 6.10 Å². The topological polar surface area (TPSA) is 78.9 Å². The fraction of sp³-hybridized carbons (Fsp3) is 0.950. The number of unbranched alkanes of at least 4 members (excludes halogenated alkanes) is 39. The highest BCUT2D eigenvalue weighted by atomic mass is 16.6. The Balaban J connectivity index is 4.18. The van der Waals surface area contributed by atoms with Crippen LogP contribution in [-0.4, -0.2) is 37.2 Å². The van der Waals surface area contributed by atoms with Gasteiger partial charge in [-0.05, 0) is 31.1 Å². The molecule has 0 saturated carbocycles. The van der Waals surface area contributed by atoms with Crippen molar-refractivity contribution in [3.63, 3.8) is 0 Å². The van der Waals surface area contributed by atoms with E-state index in [1.54, 1.807) is 0 Å². The molecule has 0 radical (unpaired) electrons. The van der Waals surface area contributed by atoms with Crippen molar-refractivity contribution in [2.24, 2.45) is 11.8 Å². The van der Waals surface area contributed by atoms with Crippen LogP contribution in [0.25, 0.3) is 0 Å². The summed E-state index contributed by atoms with van der Waals surface area (Å²) in [4.78, 5) is 38.1. The van der Waals surface area contributed by atoms with Gasteiger partial charge in [-0.25, -0.2) is 0 Å². The van der Waals surface area contributed by atoms with Crippen molar-refractivity contribution in [3.05, 3.63) is 0 Å². The van der Waals surface area contributed by atoms with Crippen molar-refractivity contribution < 1.29 is 28.6 Å². The van der Waals surface area contributed by atoms with E-state index >= 15 is 0 Å². The van der Waals surface area contributed by atoms with Gasteiger partial charge in [-0.1, -0.05) is 298 Å². The first-order chi connectivity index (χ1) is 32.2. The van der Waals surface area contributed by atoms with E-state index in [1.807, 2.05) is 0 Å². The molecule has 0 aromatic carbocycles. The predicted molar refractivity (Wildman–Crippen MR) is 284 cm³/mol. The van der Waals surface area contributed by atoms with Crippen LogP contribution in [0.5, 0.6) is 0 Å². The van der Waals surface area contributed by atoms with Crippen LogP contribution in [0.4, 0.5) is 0 Å². The molecule has 6 heteroatoms. The molecule has 0 aliphatic heterocycles. The Hall–Kier alpha value is -1.59. The van der Waals surface area contributed by atoms with E-state index in [-0.39, 0.29) is 31.1 Å². The molecule has 0 N–H and O–H groups in total. The van der Waals surface area contributed by atoms with Gasteiger partial charge in [-0.3, -0.25) is 14.4 Å². The molecule has 0 aromatic rings. The lowest BCUT2D eigenvalue weighted by atomic mass is 10.0. The molecule has 0 heterocycles. The zero-order chi connectivity index (χ0) is 48.2. The maximum absolute atomic E-state index is 12.8. The van der Waals surface area contributed by atoms with Gasteiger partial charge in [0.1, 0.15) is 13.2 Å². The largest absolute Gasteiger partial charge is 0.462 e. The maximum Gasteiger partial charge on any atom is 0.306 e. The monoisotopic (exact) mass is 933 g/mol. The fourth-order valence-electron chi connectivity index (χ4n) is 9.23. The summed E-state index contributed by atoms with van der Waals surface area (Å²) in [6.45, 7) is 11.4. The lowest BCUT2D eigenvalue weighted by Gasteiger charge is -2.18. The average molecular weight is 934 g/mol. The summed E-state index contributed by atoms with van der Waals surface area (Å²) in [6, 6.07) is 0. The van der Waals surface area contributed by atoms with Crippen molar-refractivity contribution >= 4 is 17.9 Å². The van der Waals surface area contributed by atoms with Crippen LogP contribution in [0.15, 0.2) is 0 Å². The Labute approximate surface area is 412 Å². The van der Waals surface area contributed by atoms with Crippen molar-refractivity contribution in [3.8, 4) is 0 Å². The van der Waals surface area contributed by atoms with Gasteiger partial charge < -0.3 is 14.2 Å². The SMILES string of the molecule is CCCCCCCCCCCCCCCCCCCC(=O)OC[C@@H](COC(=O)CCCCCCCCCCCCCCCCCCCCC(C)C)OC(=O)CCCCCCCCCC(C)C. The van der Waals surface area contributed by atoms with E-state index in [4.69, 9.17) is 14.2 Å². The first kappa shape index (κ1) is 64.4. The van der Waals surface area contributed by atoms with Crippen molar-refractivity contribution in [2.75, 3.05) is 13.2 Å². The van der Waals surface area contributed by atoms with E-state index in [1.165, 1.54) is 225 Å². The van der Waals surface area contributed by atoms with Crippen LogP contribution in [-0.2, 0) is 28.6 Å². The molecule has 66 heavy (non-hydrogen) atoms. The van der Waals surface area contributed by atoms with Crippen LogP contribution >= 0.6 is 0 Å². The van der Waals surface area contributed by atoms with Gasteiger partial charge in [0, 0.05) is 19.3 Å². The predicted octanol–water partition coefficient (Wildman–Crippen LogP) is 19.7. The third-order valence-corrected chi connectivity index (χ3v) is 13.7. The van der Waals surface area contributed by atoms with E-state index in [2.05, 4.69) is 34.6 Å². The van der Waals surface area contributed by atoms with Crippen molar-refractivity contribution in [1.82, 2.24) is 0 Å². The highest BCUT2D eigenvalue weighted by Crippen LogP contribution is 2.18. The summed E-state index contributed by atoms with van der Waals surface area (Å²) in [6.07, 6.45) is 56.9. The fourth-order valence-corrected chi connectivity index (χ4v) is 9.23. The van der Waals surface area contributed by atoms with Gasteiger partial charge in [0.05, 0.1) is 0 Å². The Morgan fingerprint density at radius 2 is 0.500 bits per heavy atom. The summed E-state index contributed by atoms with van der Waals surface area (Å²) in [5.74, 6) is 0.795. The van der Waals surface area contributed by atoms with Gasteiger partial charge in [0.2, 0.25) is 0 Å². The number of carbonyl (C=O) groups is 3. The van der Waals surface area contributed by atoms with Crippen LogP contribution in [0, 0.1) is 11.8 Å². The summed E-state index contributed by atoms with van der Waals surface area (Å²) in [7, 11) is 0. The minimum atomic E-state index is -0.763. The Kier molecular flexibility index (Phi) is 51.5. The quantitative estimate of drug-likeness (QED) is 0.0343. The zero-order valence-corrected chi connectivity index (χ0v) is 45.3. The van der Waals surface area contributed by atoms with Crippen LogP contribution < -0.4 is 0 Å². The molecule has 392 valence electrons. The lowest BCUT2D eigenvalue weighted by Crippen LogP contribution is -2.30. The molecule has 0 spiro atoms. The highest BCUT2D eigenvalue weighted by molar-refractivity contribution is 5.71. The molecule has 1 atom stereocenters. The Morgan fingerprint density at radius 1 is 0.288 bits per heavy atom. The number of carbonyl (C=O) groups excluding carboxylic acids is 3. The molecular weight excluding hydrogens is 817 g/mol. The molecule has 0 fully saturated rings. The van der Waals surface area contributed by atoms with Gasteiger partial charge in [-0.2, -0.15) is 0 Å². The first-order valence-corrected chi connectivity index (χ1v) is 29.7. The van der Waals surface area contributed by atoms with E-state index in [9.17, 15) is 14.4 Å². The number of ether oxygens (including phenoxy) is 3. The second-order valence-electron chi connectivity index (χ2n) is 21.6. The van der Waals surface area contributed by atoms with Gasteiger partial charge in [0.25, 0.3) is 0 Å². The molecule has 0 unspecified atom stereocenters. The van der Waals surface area contributed by atoms with Crippen LogP contribution in [0.1, 0.15) is 336 Å². The average Bonchev–Trinajstić information content (AvgIpc) is 3.29. The Morgan fingerprint density at radius 3 is 0.742 bits per heavy atom. The van der Waals surface area contributed by atoms with Crippen LogP contribution in [0.3, 0.4) is 0 Å². The number of hydrogen-bond acceptors (Lipinski definition) is 6. The van der Waals surface area contributed by atoms with Crippen LogP contribution in [0.2, 0.25) is 0 Å². The number of rotatable bonds is 54. The summed E-state index contributed by atoms with van der Waals surface area (Å²) >= 11 is 0. The summed E-state index contributed by atoms with van der Waals surface area (Å²) in [5, 5.41) is 0. The molecular formula is C60H116O6. The molecule has 0 aromatic heterocycles. The standard InChI is InChI=1S/C60H116O6/c1-6-7-8-9-10-11-12-13-14-17-21-24-27-30-35-40-45-50-58(61)64-53-57(66-60(63)52-47-42-37-32-34-39-44-49-56(4)5)54-65-59(62)51-46-41-36-31-28-25-22-19-16-15-18-20-23-26-29-33-38-43-48-55(2)3/h55-57H,6-54H2,1-5H3/t57-/m0/s1. The van der Waals surface area contributed by atoms with Gasteiger partial charge in [-0.15, -0.1) is 0 Å². The lowest BCUT2D eigenvalue weighted by molar-refractivity contribution is -0.167. The number of hydrogen-bond donors (Lipinski definition) is 0. The minimum Gasteiger partial charge on any atom is -0.462 e. The first-order valence-electron chi connectivity index (χ1n) is 29.7. The van der Waals surface area contributed by atoms with Crippen molar-refractivity contribution in [1.29, 1.82) is 0 Å². The number of esters is 3. The second kappa shape index (κ2) is 52.8. The van der Waals surface area contributed by atoms with E-state index in [0.717, 1.165) is 69.6 Å². The molecule has 0 aliphatic carbocycles. The molecule has 0 bridgehead atoms. The van der Waals surface area contributed by atoms with Gasteiger partial charge >= 0.3 is 17.9 Å². The third-order valence-electron chi connectivity index (χ3n) is 13.7. The Bertz CT molecular complexity index is 1010. The highest BCUT2D eigenvalue weighted by Gasteiger charge is 2.19. The molecule has 0 amide bonds.